The number of rotatable bonds is 5. The van der Waals surface area contributed by atoms with Gasteiger partial charge < -0.3 is 19.8 Å². The van der Waals surface area contributed by atoms with Gasteiger partial charge in [0.05, 0.1) is 5.56 Å². The van der Waals surface area contributed by atoms with Gasteiger partial charge in [0.15, 0.2) is 0 Å². The summed E-state index contributed by atoms with van der Waals surface area (Å²) < 4.78 is 11.5. The summed E-state index contributed by atoms with van der Waals surface area (Å²) in [6, 6.07) is 8.63. The maximum Gasteiger partial charge on any atom is 0.256 e. The Hall–Kier alpha value is -3.35. The van der Waals surface area contributed by atoms with Gasteiger partial charge in [0.2, 0.25) is 5.91 Å². The van der Waals surface area contributed by atoms with E-state index in [0.717, 1.165) is 5.56 Å². The Morgan fingerprint density at radius 3 is 3.04 bits per heavy atom. The summed E-state index contributed by atoms with van der Waals surface area (Å²) in [5.41, 5.74) is 1.98. The third-order valence-corrected chi connectivity index (χ3v) is 4.54. The number of nitrogens with one attached hydrogen (secondary N) is 2. The van der Waals surface area contributed by atoms with Crippen LogP contribution in [-0.2, 0) is 11.4 Å². The molecule has 1 unspecified atom stereocenters. The predicted molar refractivity (Wildman–Crippen MR) is 98.4 cm³/mol. The molecule has 7 nitrogen and oxygen atoms in total. The Morgan fingerprint density at radius 1 is 1.41 bits per heavy atom. The van der Waals surface area contributed by atoms with Gasteiger partial charge in [-0.25, -0.2) is 0 Å². The SMILES string of the molecule is Cc1oc2ccc(OCc3cccnc3)cc2c1C(=O)NC1CCNC1=O. The van der Waals surface area contributed by atoms with E-state index in [4.69, 9.17) is 9.15 Å². The number of hydrogen-bond acceptors (Lipinski definition) is 5. The first-order valence-corrected chi connectivity index (χ1v) is 8.75. The fourth-order valence-electron chi connectivity index (χ4n) is 3.18. The molecule has 3 aromatic rings. The monoisotopic (exact) mass is 365 g/mol. The molecule has 2 aromatic heterocycles. The van der Waals surface area contributed by atoms with Crippen molar-refractivity contribution in [3.05, 3.63) is 59.6 Å². The van der Waals surface area contributed by atoms with Crippen LogP contribution >= 0.6 is 0 Å². The first-order chi connectivity index (χ1) is 13.1. The van der Waals surface area contributed by atoms with Crippen molar-refractivity contribution in [3.8, 4) is 5.75 Å². The minimum absolute atomic E-state index is 0.158. The second kappa shape index (κ2) is 7.11. The van der Waals surface area contributed by atoms with Gasteiger partial charge in [0, 0.05) is 29.9 Å². The summed E-state index contributed by atoms with van der Waals surface area (Å²) in [6.45, 7) is 2.68. The standard InChI is InChI=1S/C20H19N3O4/c1-12-18(20(25)23-16-6-8-22-19(16)24)15-9-14(4-5-17(15)27-12)26-11-13-3-2-7-21-10-13/h2-5,7,9-10,16H,6,8,11H2,1H3,(H,22,24)(H,23,25). The zero-order valence-electron chi connectivity index (χ0n) is 14.8. The molecule has 0 aliphatic carbocycles. The quantitative estimate of drug-likeness (QED) is 0.724. The van der Waals surface area contributed by atoms with Crippen molar-refractivity contribution >= 4 is 22.8 Å². The molecule has 0 spiro atoms. The largest absolute Gasteiger partial charge is 0.489 e. The average Bonchev–Trinajstić information content (AvgIpc) is 3.22. The minimum Gasteiger partial charge on any atom is -0.489 e. The molecular formula is C20H19N3O4. The fraction of sp³-hybridized carbons (Fsp3) is 0.250. The molecule has 138 valence electrons. The van der Waals surface area contributed by atoms with Gasteiger partial charge in [-0.15, -0.1) is 0 Å². The van der Waals surface area contributed by atoms with Gasteiger partial charge in [0.1, 0.15) is 29.7 Å². The van der Waals surface area contributed by atoms with E-state index in [1.807, 2.05) is 12.1 Å². The highest BCUT2D eigenvalue weighted by Gasteiger charge is 2.28. The van der Waals surface area contributed by atoms with Gasteiger partial charge in [-0.3, -0.25) is 14.6 Å². The van der Waals surface area contributed by atoms with Crippen LogP contribution in [0.1, 0.15) is 28.1 Å². The highest BCUT2D eigenvalue weighted by molar-refractivity contribution is 6.08. The highest BCUT2D eigenvalue weighted by Crippen LogP contribution is 2.29. The summed E-state index contributed by atoms with van der Waals surface area (Å²) in [4.78, 5) is 28.5. The molecule has 1 atom stereocenters. The number of aromatic nitrogens is 1. The molecular weight excluding hydrogens is 346 g/mol. The van der Waals surface area contributed by atoms with Gasteiger partial charge in [-0.05, 0) is 37.6 Å². The van der Waals surface area contributed by atoms with Gasteiger partial charge in [-0.2, -0.15) is 0 Å². The number of carbonyl (C=O) groups is 2. The topological polar surface area (TPSA) is 93.5 Å². The smallest absolute Gasteiger partial charge is 0.256 e. The van der Waals surface area contributed by atoms with Crippen molar-refractivity contribution in [2.45, 2.75) is 26.0 Å². The maximum absolute atomic E-state index is 12.7. The first-order valence-electron chi connectivity index (χ1n) is 8.75. The average molecular weight is 365 g/mol. The van der Waals surface area contributed by atoms with Crippen LogP contribution in [0.2, 0.25) is 0 Å². The molecule has 2 N–H and O–H groups in total. The Bertz CT molecular complexity index is 997. The van der Waals surface area contributed by atoms with Crippen LogP contribution in [0.25, 0.3) is 11.0 Å². The summed E-state index contributed by atoms with van der Waals surface area (Å²) in [6.07, 6.45) is 4.03. The number of hydrogen-bond donors (Lipinski definition) is 2. The van der Waals surface area contributed by atoms with Crippen molar-refractivity contribution in [1.29, 1.82) is 0 Å². The molecule has 1 fully saturated rings. The zero-order valence-corrected chi connectivity index (χ0v) is 14.8. The lowest BCUT2D eigenvalue weighted by Crippen LogP contribution is -2.40. The molecule has 4 rings (SSSR count). The Labute approximate surface area is 155 Å². The molecule has 27 heavy (non-hydrogen) atoms. The number of furan rings is 1. The molecule has 1 aliphatic rings. The molecule has 7 heteroatoms. The van der Waals surface area contributed by atoms with Crippen LogP contribution < -0.4 is 15.4 Å². The van der Waals surface area contributed by atoms with Gasteiger partial charge in [-0.1, -0.05) is 6.07 Å². The lowest BCUT2D eigenvalue weighted by Gasteiger charge is -2.10. The first kappa shape index (κ1) is 17.1. The van der Waals surface area contributed by atoms with E-state index in [-0.39, 0.29) is 11.8 Å². The molecule has 1 aromatic carbocycles. The Kier molecular flexibility index (Phi) is 4.50. The maximum atomic E-state index is 12.7. The van der Waals surface area contributed by atoms with E-state index in [0.29, 0.717) is 47.6 Å². The molecule has 0 saturated carbocycles. The van der Waals surface area contributed by atoms with Crippen molar-refractivity contribution in [2.24, 2.45) is 0 Å². The number of aryl methyl sites for hydroxylation is 1. The van der Waals surface area contributed by atoms with Crippen molar-refractivity contribution in [2.75, 3.05) is 6.54 Å². The van der Waals surface area contributed by atoms with Gasteiger partial charge >= 0.3 is 0 Å². The lowest BCUT2D eigenvalue weighted by atomic mass is 10.1. The molecule has 0 radical (unpaired) electrons. The summed E-state index contributed by atoms with van der Waals surface area (Å²) >= 11 is 0. The molecule has 1 saturated heterocycles. The van der Waals surface area contributed by atoms with E-state index in [9.17, 15) is 9.59 Å². The third-order valence-electron chi connectivity index (χ3n) is 4.54. The number of fused-ring (bicyclic) bond motifs is 1. The summed E-state index contributed by atoms with van der Waals surface area (Å²) in [5, 5.41) is 6.15. The van der Waals surface area contributed by atoms with E-state index in [1.165, 1.54) is 0 Å². The minimum atomic E-state index is -0.508. The fourth-order valence-corrected chi connectivity index (χ4v) is 3.18. The number of carbonyl (C=O) groups excluding carboxylic acids is 2. The van der Waals surface area contributed by atoms with Crippen LogP contribution in [0.15, 0.2) is 47.1 Å². The lowest BCUT2D eigenvalue weighted by molar-refractivity contribution is -0.120. The Morgan fingerprint density at radius 2 is 2.30 bits per heavy atom. The number of amides is 2. The summed E-state index contributed by atoms with van der Waals surface area (Å²) in [7, 11) is 0. The van der Waals surface area contributed by atoms with Crippen molar-refractivity contribution in [3.63, 3.8) is 0 Å². The second-order valence-corrected chi connectivity index (χ2v) is 6.45. The molecule has 3 heterocycles. The second-order valence-electron chi connectivity index (χ2n) is 6.45. The summed E-state index contributed by atoms with van der Waals surface area (Å²) in [5.74, 6) is 0.650. The van der Waals surface area contributed by atoms with E-state index in [1.54, 1.807) is 37.5 Å². The van der Waals surface area contributed by atoms with Crippen LogP contribution in [0, 0.1) is 6.92 Å². The van der Waals surface area contributed by atoms with Crippen LogP contribution in [0.5, 0.6) is 5.75 Å². The highest BCUT2D eigenvalue weighted by atomic mass is 16.5. The van der Waals surface area contributed by atoms with Crippen molar-refractivity contribution < 1.29 is 18.7 Å². The predicted octanol–water partition coefficient (Wildman–Crippen LogP) is 2.33. The normalized spacial score (nSPS) is 16.3. The number of benzene rings is 1. The Balaban J connectivity index is 1.57. The van der Waals surface area contributed by atoms with Crippen LogP contribution in [-0.4, -0.2) is 29.4 Å². The van der Waals surface area contributed by atoms with E-state index in [2.05, 4.69) is 15.6 Å². The van der Waals surface area contributed by atoms with E-state index >= 15 is 0 Å². The number of nitrogens with zero attached hydrogens (tertiary/aromatic N) is 1. The third kappa shape index (κ3) is 3.48. The zero-order chi connectivity index (χ0) is 18.8. The molecule has 0 bridgehead atoms. The van der Waals surface area contributed by atoms with Crippen LogP contribution in [0.4, 0.5) is 0 Å². The van der Waals surface area contributed by atoms with Gasteiger partial charge in [0.25, 0.3) is 5.91 Å². The van der Waals surface area contributed by atoms with E-state index < -0.39 is 6.04 Å². The van der Waals surface area contributed by atoms with Crippen molar-refractivity contribution in [1.82, 2.24) is 15.6 Å². The van der Waals surface area contributed by atoms with Crippen LogP contribution in [0.3, 0.4) is 0 Å². The number of ether oxygens (including phenoxy) is 1. The molecule has 1 aliphatic heterocycles. The number of pyridine rings is 1. The molecule has 2 amide bonds.